The lowest BCUT2D eigenvalue weighted by Gasteiger charge is -2.13. The van der Waals surface area contributed by atoms with E-state index in [-0.39, 0.29) is 26.3 Å². The molecule has 0 bridgehead atoms. The van der Waals surface area contributed by atoms with Gasteiger partial charge in [-0.1, -0.05) is 30.3 Å². The van der Waals surface area contributed by atoms with Crippen LogP contribution in [0.25, 0.3) is 0 Å². The minimum atomic E-state index is -4.30. The molecule has 1 atom stereocenters. The third kappa shape index (κ3) is 10.3. The second kappa shape index (κ2) is 9.73. The fraction of sp³-hybridized carbons (Fsp3) is 0.571. The first-order chi connectivity index (χ1) is 9.97. The van der Waals surface area contributed by atoms with Crippen molar-refractivity contribution in [2.45, 2.75) is 18.9 Å². The third-order valence-corrected chi connectivity index (χ3v) is 2.49. The molecule has 0 spiro atoms. The van der Waals surface area contributed by atoms with Gasteiger partial charge in [0, 0.05) is 13.1 Å². The fourth-order valence-corrected chi connectivity index (χ4v) is 1.55. The molecule has 1 unspecified atom stereocenters. The Bertz CT molecular complexity index is 373. The van der Waals surface area contributed by atoms with E-state index in [9.17, 15) is 18.3 Å². The molecule has 0 aromatic heterocycles. The van der Waals surface area contributed by atoms with E-state index in [1.54, 1.807) is 0 Å². The van der Waals surface area contributed by atoms with E-state index in [1.807, 2.05) is 30.3 Å². The van der Waals surface area contributed by atoms with E-state index < -0.39 is 18.9 Å². The van der Waals surface area contributed by atoms with Crippen LogP contribution in [-0.2, 0) is 16.1 Å². The summed E-state index contributed by atoms with van der Waals surface area (Å²) in [7, 11) is 0. The smallest absolute Gasteiger partial charge is 0.389 e. The number of aliphatic hydroxyl groups is 1. The van der Waals surface area contributed by atoms with Crippen LogP contribution in [0.3, 0.4) is 0 Å². The quantitative estimate of drug-likeness (QED) is 0.647. The van der Waals surface area contributed by atoms with Crippen molar-refractivity contribution in [3.05, 3.63) is 35.9 Å². The number of aliphatic hydroxyl groups excluding tert-OH is 1. The van der Waals surface area contributed by atoms with E-state index in [4.69, 9.17) is 4.74 Å². The predicted molar refractivity (Wildman–Crippen MR) is 71.8 cm³/mol. The molecule has 4 nitrogen and oxygen atoms in total. The van der Waals surface area contributed by atoms with E-state index >= 15 is 0 Å². The second-order valence-corrected chi connectivity index (χ2v) is 4.53. The van der Waals surface area contributed by atoms with E-state index in [0.29, 0.717) is 6.61 Å². The highest BCUT2D eigenvalue weighted by Gasteiger charge is 2.27. The van der Waals surface area contributed by atoms with Gasteiger partial charge in [0.1, 0.15) is 6.61 Å². The van der Waals surface area contributed by atoms with Gasteiger partial charge in [0.15, 0.2) is 0 Å². The van der Waals surface area contributed by atoms with Gasteiger partial charge >= 0.3 is 6.18 Å². The summed E-state index contributed by atoms with van der Waals surface area (Å²) in [4.78, 5) is 0. The molecule has 21 heavy (non-hydrogen) atoms. The molecule has 1 rings (SSSR count). The summed E-state index contributed by atoms with van der Waals surface area (Å²) < 4.78 is 45.1. The number of hydrogen-bond acceptors (Lipinski definition) is 4. The van der Waals surface area contributed by atoms with Crippen molar-refractivity contribution >= 4 is 0 Å². The molecule has 120 valence electrons. The number of nitrogens with one attached hydrogen (secondary N) is 1. The number of hydrogen-bond donors (Lipinski definition) is 2. The van der Waals surface area contributed by atoms with Crippen LogP contribution >= 0.6 is 0 Å². The maximum absolute atomic E-state index is 11.8. The Morgan fingerprint density at radius 1 is 1.14 bits per heavy atom. The Balaban J connectivity index is 1.95. The van der Waals surface area contributed by atoms with Gasteiger partial charge in [-0.3, -0.25) is 0 Å². The molecular weight excluding hydrogens is 287 g/mol. The van der Waals surface area contributed by atoms with Crippen LogP contribution in [0.4, 0.5) is 13.2 Å². The van der Waals surface area contributed by atoms with Gasteiger partial charge in [-0.25, -0.2) is 0 Å². The molecule has 0 aliphatic carbocycles. The average molecular weight is 307 g/mol. The van der Waals surface area contributed by atoms with Gasteiger partial charge < -0.3 is 19.9 Å². The highest BCUT2D eigenvalue weighted by molar-refractivity contribution is 5.13. The molecule has 0 saturated carbocycles. The van der Waals surface area contributed by atoms with Gasteiger partial charge in [0.25, 0.3) is 0 Å². The standard InChI is InChI=1S/C14H20F3NO3/c15-14(16,17)11-20-7-6-18-8-13(19)10-21-9-12-4-2-1-3-5-12/h1-5,13,18-19H,6-11H2. The summed E-state index contributed by atoms with van der Waals surface area (Å²) in [5, 5.41) is 12.4. The Hall–Kier alpha value is -1.15. The summed E-state index contributed by atoms with van der Waals surface area (Å²) in [6.07, 6.45) is -5.01. The van der Waals surface area contributed by atoms with E-state index in [1.165, 1.54) is 0 Å². The lowest BCUT2D eigenvalue weighted by molar-refractivity contribution is -0.173. The van der Waals surface area contributed by atoms with Crippen molar-refractivity contribution in [1.29, 1.82) is 0 Å². The van der Waals surface area contributed by atoms with Gasteiger partial charge in [0.2, 0.25) is 0 Å². The summed E-state index contributed by atoms with van der Waals surface area (Å²) in [5.41, 5.74) is 1.01. The Kier molecular flexibility index (Phi) is 8.29. The van der Waals surface area contributed by atoms with Gasteiger partial charge in [0.05, 0.1) is 25.9 Å². The van der Waals surface area contributed by atoms with Crippen LogP contribution in [-0.4, -0.2) is 50.3 Å². The van der Waals surface area contributed by atoms with Crippen molar-refractivity contribution in [1.82, 2.24) is 5.32 Å². The van der Waals surface area contributed by atoms with Crippen LogP contribution in [0.15, 0.2) is 30.3 Å². The number of benzene rings is 1. The maximum Gasteiger partial charge on any atom is 0.411 e. The molecule has 0 amide bonds. The lowest BCUT2D eigenvalue weighted by atomic mass is 10.2. The van der Waals surface area contributed by atoms with Crippen LogP contribution in [0.5, 0.6) is 0 Å². The molecule has 0 fully saturated rings. The van der Waals surface area contributed by atoms with Gasteiger partial charge in [-0.2, -0.15) is 13.2 Å². The summed E-state index contributed by atoms with van der Waals surface area (Å²) in [5.74, 6) is 0. The minimum absolute atomic E-state index is 0.0584. The first kappa shape index (κ1) is 17.9. The first-order valence-electron chi connectivity index (χ1n) is 6.62. The first-order valence-corrected chi connectivity index (χ1v) is 6.62. The van der Waals surface area contributed by atoms with E-state index in [0.717, 1.165) is 5.56 Å². The molecule has 0 radical (unpaired) electrons. The molecule has 2 N–H and O–H groups in total. The van der Waals surface area contributed by atoms with Gasteiger partial charge in [-0.15, -0.1) is 0 Å². The normalized spacial score (nSPS) is 13.3. The lowest BCUT2D eigenvalue weighted by Crippen LogP contribution is -2.33. The Morgan fingerprint density at radius 3 is 2.52 bits per heavy atom. The molecule has 7 heteroatoms. The number of rotatable bonds is 10. The number of ether oxygens (including phenoxy) is 2. The zero-order valence-corrected chi connectivity index (χ0v) is 11.6. The minimum Gasteiger partial charge on any atom is -0.389 e. The Morgan fingerprint density at radius 2 is 1.86 bits per heavy atom. The van der Waals surface area contributed by atoms with Gasteiger partial charge in [-0.05, 0) is 5.56 Å². The average Bonchev–Trinajstić information content (AvgIpc) is 2.43. The SMILES string of the molecule is OC(CNCCOCC(F)(F)F)COCc1ccccc1. The largest absolute Gasteiger partial charge is 0.411 e. The molecule has 0 aliphatic heterocycles. The molecular formula is C14H20F3NO3. The predicted octanol–water partition coefficient (Wildman–Crippen LogP) is 1.73. The zero-order chi connectivity index (χ0) is 15.6. The summed E-state index contributed by atoms with van der Waals surface area (Å²) in [6.45, 7) is -0.261. The molecule has 1 aromatic rings. The summed E-state index contributed by atoms with van der Waals surface area (Å²) in [6, 6.07) is 9.55. The van der Waals surface area contributed by atoms with Crippen LogP contribution in [0, 0.1) is 0 Å². The molecule has 0 saturated heterocycles. The maximum atomic E-state index is 11.8. The van der Waals surface area contributed by atoms with Crippen molar-refractivity contribution in [3.8, 4) is 0 Å². The third-order valence-electron chi connectivity index (χ3n) is 2.49. The highest BCUT2D eigenvalue weighted by atomic mass is 19.4. The topological polar surface area (TPSA) is 50.7 Å². The second-order valence-electron chi connectivity index (χ2n) is 4.53. The van der Waals surface area contributed by atoms with Crippen molar-refractivity contribution in [3.63, 3.8) is 0 Å². The number of halogens is 3. The zero-order valence-electron chi connectivity index (χ0n) is 11.6. The van der Waals surface area contributed by atoms with Crippen molar-refractivity contribution in [2.24, 2.45) is 0 Å². The van der Waals surface area contributed by atoms with Crippen LogP contribution < -0.4 is 5.32 Å². The molecule has 0 aliphatic rings. The van der Waals surface area contributed by atoms with Crippen molar-refractivity contribution in [2.75, 3.05) is 32.9 Å². The summed E-state index contributed by atoms with van der Waals surface area (Å²) >= 11 is 0. The van der Waals surface area contributed by atoms with Crippen molar-refractivity contribution < 1.29 is 27.8 Å². The van der Waals surface area contributed by atoms with E-state index in [2.05, 4.69) is 10.1 Å². The fourth-order valence-electron chi connectivity index (χ4n) is 1.55. The van der Waals surface area contributed by atoms with Crippen LogP contribution in [0.1, 0.15) is 5.56 Å². The highest BCUT2D eigenvalue weighted by Crippen LogP contribution is 2.13. The molecule has 0 heterocycles. The Labute approximate surface area is 121 Å². The number of alkyl halides is 3. The molecule has 1 aromatic carbocycles. The monoisotopic (exact) mass is 307 g/mol. The van der Waals surface area contributed by atoms with Crippen LogP contribution in [0.2, 0.25) is 0 Å².